The highest BCUT2D eigenvalue weighted by molar-refractivity contribution is 5.97. The summed E-state index contributed by atoms with van der Waals surface area (Å²) in [6.07, 6.45) is 2.13. The average molecular weight is 248 g/mol. The Morgan fingerprint density at radius 1 is 1.39 bits per heavy atom. The highest BCUT2D eigenvalue weighted by atomic mass is 16.5. The molecule has 1 heterocycles. The highest BCUT2D eigenvalue weighted by Gasteiger charge is 2.21. The van der Waals surface area contributed by atoms with Crippen molar-refractivity contribution in [3.63, 3.8) is 0 Å². The van der Waals surface area contributed by atoms with E-state index in [-0.39, 0.29) is 12.5 Å². The Morgan fingerprint density at radius 3 is 3.00 bits per heavy atom. The van der Waals surface area contributed by atoms with Gasteiger partial charge in [-0.05, 0) is 43.6 Å². The average Bonchev–Trinajstić information content (AvgIpc) is 2.39. The first-order valence-corrected chi connectivity index (χ1v) is 6.45. The van der Waals surface area contributed by atoms with Crippen LogP contribution in [0, 0.1) is 0 Å². The summed E-state index contributed by atoms with van der Waals surface area (Å²) in [6.45, 7) is 4.33. The number of likely N-dealkylation sites (N-methyl/N-ethyl adjacent to an activating group) is 1. The summed E-state index contributed by atoms with van der Waals surface area (Å²) in [4.78, 5) is 13.1. The number of anilines is 1. The molecule has 1 N–H and O–H groups in total. The van der Waals surface area contributed by atoms with Gasteiger partial charge in [0.05, 0.1) is 5.69 Å². The lowest BCUT2D eigenvalue weighted by molar-refractivity contribution is -0.120. The summed E-state index contributed by atoms with van der Waals surface area (Å²) in [7, 11) is 1.78. The monoisotopic (exact) mass is 248 g/mol. The smallest absolute Gasteiger partial charge is 0.264 e. The summed E-state index contributed by atoms with van der Waals surface area (Å²) < 4.78 is 5.46. The maximum atomic E-state index is 11.5. The van der Waals surface area contributed by atoms with Gasteiger partial charge in [-0.25, -0.2) is 0 Å². The first-order valence-electron chi connectivity index (χ1n) is 6.45. The third-order valence-corrected chi connectivity index (χ3v) is 3.13. The van der Waals surface area contributed by atoms with Crippen LogP contribution in [-0.4, -0.2) is 32.7 Å². The number of carbonyl (C=O) groups excluding carboxylic acids is 1. The number of nitrogens with one attached hydrogen (secondary N) is 1. The molecule has 0 radical (unpaired) electrons. The summed E-state index contributed by atoms with van der Waals surface area (Å²) >= 11 is 0. The molecule has 1 amide bonds. The minimum Gasteiger partial charge on any atom is -0.482 e. The molecule has 0 unspecified atom stereocenters. The van der Waals surface area contributed by atoms with Crippen LogP contribution in [-0.2, 0) is 11.2 Å². The van der Waals surface area contributed by atoms with Crippen LogP contribution in [0.25, 0.3) is 0 Å². The van der Waals surface area contributed by atoms with E-state index in [1.807, 2.05) is 12.1 Å². The SMILES string of the molecule is CCCNCCc1ccc2c(c1)OCC(=O)N2C. The molecule has 1 aliphatic rings. The third-order valence-electron chi connectivity index (χ3n) is 3.13. The Kier molecular flexibility index (Phi) is 4.20. The van der Waals surface area contributed by atoms with Crippen molar-refractivity contribution in [1.82, 2.24) is 5.32 Å². The zero-order valence-electron chi connectivity index (χ0n) is 11.0. The second-order valence-electron chi connectivity index (χ2n) is 4.54. The summed E-state index contributed by atoms with van der Waals surface area (Å²) in [6, 6.07) is 6.05. The second kappa shape index (κ2) is 5.87. The number of carbonyl (C=O) groups is 1. The van der Waals surface area contributed by atoms with E-state index in [1.165, 1.54) is 5.56 Å². The lowest BCUT2D eigenvalue weighted by Crippen LogP contribution is -2.35. The van der Waals surface area contributed by atoms with Crippen LogP contribution in [0.3, 0.4) is 0 Å². The van der Waals surface area contributed by atoms with E-state index in [0.29, 0.717) is 0 Å². The Bertz CT molecular complexity index is 432. The van der Waals surface area contributed by atoms with Crippen molar-refractivity contribution >= 4 is 11.6 Å². The van der Waals surface area contributed by atoms with E-state index in [4.69, 9.17) is 4.74 Å². The molecule has 0 saturated heterocycles. The Balaban J connectivity index is 2.01. The van der Waals surface area contributed by atoms with Gasteiger partial charge in [-0.15, -0.1) is 0 Å². The van der Waals surface area contributed by atoms with Gasteiger partial charge in [0.1, 0.15) is 5.75 Å². The molecule has 4 heteroatoms. The van der Waals surface area contributed by atoms with Crippen molar-refractivity contribution in [2.45, 2.75) is 19.8 Å². The molecule has 0 spiro atoms. The van der Waals surface area contributed by atoms with Crippen LogP contribution in [0.2, 0.25) is 0 Å². The number of hydrogen-bond donors (Lipinski definition) is 1. The minimum atomic E-state index is -0.000127. The van der Waals surface area contributed by atoms with Crippen molar-refractivity contribution in [1.29, 1.82) is 0 Å². The molecule has 1 aliphatic heterocycles. The fourth-order valence-electron chi connectivity index (χ4n) is 2.01. The van der Waals surface area contributed by atoms with Crippen molar-refractivity contribution in [2.24, 2.45) is 0 Å². The third kappa shape index (κ3) is 2.82. The predicted molar refractivity (Wildman–Crippen MR) is 72.2 cm³/mol. The number of nitrogens with zero attached hydrogens (tertiary/aromatic N) is 1. The predicted octanol–water partition coefficient (Wildman–Crippen LogP) is 1.58. The maximum Gasteiger partial charge on any atom is 0.264 e. The van der Waals surface area contributed by atoms with Gasteiger partial charge >= 0.3 is 0 Å². The van der Waals surface area contributed by atoms with Crippen LogP contribution in [0.4, 0.5) is 5.69 Å². The molecule has 0 bridgehead atoms. The van der Waals surface area contributed by atoms with Gasteiger partial charge in [-0.3, -0.25) is 4.79 Å². The normalized spacial score (nSPS) is 14.3. The van der Waals surface area contributed by atoms with Gasteiger partial charge in [0, 0.05) is 7.05 Å². The standard InChI is InChI=1S/C14H20N2O2/c1-3-7-15-8-6-11-4-5-12-13(9-11)18-10-14(17)16(12)2/h4-5,9,15H,3,6-8,10H2,1-2H3. The van der Waals surface area contributed by atoms with E-state index in [2.05, 4.69) is 18.3 Å². The van der Waals surface area contributed by atoms with Crippen LogP contribution in [0.5, 0.6) is 5.75 Å². The van der Waals surface area contributed by atoms with E-state index < -0.39 is 0 Å². The van der Waals surface area contributed by atoms with E-state index in [0.717, 1.165) is 37.4 Å². The minimum absolute atomic E-state index is 0.000127. The van der Waals surface area contributed by atoms with Gasteiger partial charge < -0.3 is 15.0 Å². The molecule has 0 saturated carbocycles. The zero-order valence-corrected chi connectivity index (χ0v) is 11.0. The van der Waals surface area contributed by atoms with Crippen molar-refractivity contribution in [2.75, 3.05) is 31.6 Å². The van der Waals surface area contributed by atoms with Gasteiger partial charge in [-0.2, -0.15) is 0 Å². The number of ether oxygens (including phenoxy) is 1. The topological polar surface area (TPSA) is 41.6 Å². The number of fused-ring (bicyclic) bond motifs is 1. The summed E-state index contributed by atoms with van der Waals surface area (Å²) in [5, 5.41) is 3.37. The fraction of sp³-hybridized carbons (Fsp3) is 0.500. The van der Waals surface area contributed by atoms with Gasteiger partial charge in [-0.1, -0.05) is 13.0 Å². The Labute approximate surface area is 108 Å². The maximum absolute atomic E-state index is 11.5. The fourth-order valence-corrected chi connectivity index (χ4v) is 2.01. The number of rotatable bonds is 5. The molecule has 0 aromatic heterocycles. The second-order valence-corrected chi connectivity index (χ2v) is 4.54. The number of benzene rings is 1. The zero-order chi connectivity index (χ0) is 13.0. The first-order chi connectivity index (χ1) is 8.72. The highest BCUT2D eigenvalue weighted by Crippen LogP contribution is 2.31. The van der Waals surface area contributed by atoms with Crippen molar-refractivity contribution in [3.05, 3.63) is 23.8 Å². The van der Waals surface area contributed by atoms with E-state index >= 15 is 0 Å². The molecule has 0 fully saturated rings. The molecule has 98 valence electrons. The van der Waals surface area contributed by atoms with Gasteiger partial charge in [0.15, 0.2) is 6.61 Å². The Hall–Kier alpha value is -1.55. The number of hydrogen-bond acceptors (Lipinski definition) is 3. The molecular weight excluding hydrogens is 228 g/mol. The van der Waals surface area contributed by atoms with Crippen LogP contribution in [0.1, 0.15) is 18.9 Å². The van der Waals surface area contributed by atoms with E-state index in [1.54, 1.807) is 11.9 Å². The molecule has 1 aromatic rings. The number of amides is 1. The van der Waals surface area contributed by atoms with E-state index in [9.17, 15) is 4.79 Å². The first kappa shape index (κ1) is 12.9. The molecule has 0 atom stereocenters. The molecule has 4 nitrogen and oxygen atoms in total. The Morgan fingerprint density at radius 2 is 2.22 bits per heavy atom. The lowest BCUT2D eigenvalue weighted by atomic mass is 10.1. The molecule has 0 aliphatic carbocycles. The largest absolute Gasteiger partial charge is 0.482 e. The van der Waals surface area contributed by atoms with Gasteiger partial charge in [0.25, 0.3) is 5.91 Å². The quantitative estimate of drug-likeness (QED) is 0.804. The summed E-state index contributed by atoms with van der Waals surface area (Å²) in [5.41, 5.74) is 2.09. The van der Waals surface area contributed by atoms with Crippen molar-refractivity contribution < 1.29 is 9.53 Å². The van der Waals surface area contributed by atoms with Crippen LogP contribution < -0.4 is 15.0 Å². The van der Waals surface area contributed by atoms with Crippen molar-refractivity contribution in [3.8, 4) is 5.75 Å². The van der Waals surface area contributed by atoms with Crippen LogP contribution >= 0.6 is 0 Å². The van der Waals surface area contributed by atoms with Gasteiger partial charge in [0.2, 0.25) is 0 Å². The molecule has 18 heavy (non-hydrogen) atoms. The summed E-state index contributed by atoms with van der Waals surface area (Å²) in [5.74, 6) is 0.810. The lowest BCUT2D eigenvalue weighted by Gasteiger charge is -2.26. The van der Waals surface area contributed by atoms with Crippen LogP contribution in [0.15, 0.2) is 18.2 Å². The molecule has 2 rings (SSSR count). The molecular formula is C14H20N2O2. The molecule has 1 aromatic carbocycles.